The van der Waals surface area contributed by atoms with E-state index >= 15 is 0 Å². The van der Waals surface area contributed by atoms with E-state index in [1.54, 1.807) is 12.1 Å². The van der Waals surface area contributed by atoms with Gasteiger partial charge in [-0.15, -0.1) is 0 Å². The number of benzene rings is 1. The van der Waals surface area contributed by atoms with Crippen molar-refractivity contribution in [3.05, 3.63) is 29.8 Å². The van der Waals surface area contributed by atoms with Gasteiger partial charge in [0.25, 0.3) is 0 Å². The molecule has 0 N–H and O–H groups in total. The van der Waals surface area contributed by atoms with Gasteiger partial charge in [-0.3, -0.25) is 0 Å². The molecule has 0 aliphatic carbocycles. The highest BCUT2D eigenvalue weighted by molar-refractivity contribution is 7.80. The number of para-hydroxylation sites is 1. The summed E-state index contributed by atoms with van der Waals surface area (Å²) < 4.78 is 5.40. The van der Waals surface area contributed by atoms with Crippen molar-refractivity contribution in [3.63, 3.8) is 0 Å². The molecular weight excluding hydrogens is 182 g/mol. The Kier molecular flexibility index (Phi) is 4.20. The first kappa shape index (κ1) is 9.94. The first-order valence-corrected chi connectivity index (χ1v) is 4.74. The molecule has 1 aromatic carbocycles. The van der Waals surface area contributed by atoms with Crippen LogP contribution in [0.2, 0.25) is 0 Å². The molecule has 13 heavy (non-hydrogen) atoms. The van der Waals surface area contributed by atoms with Crippen LogP contribution in [0, 0.1) is 11.3 Å². The molecule has 0 unspecified atom stereocenters. The number of nitriles is 1. The molecule has 0 aromatic heterocycles. The first-order valence-electron chi connectivity index (χ1n) is 4.11. The van der Waals surface area contributed by atoms with Crippen molar-refractivity contribution in [1.29, 1.82) is 5.26 Å². The second-order valence-electron chi connectivity index (χ2n) is 2.53. The zero-order valence-corrected chi connectivity index (χ0v) is 8.13. The van der Waals surface area contributed by atoms with E-state index in [1.165, 1.54) is 0 Å². The van der Waals surface area contributed by atoms with Crippen molar-refractivity contribution in [2.45, 2.75) is 6.42 Å². The van der Waals surface area contributed by atoms with Gasteiger partial charge in [0.05, 0.1) is 12.2 Å². The number of hydrogen-bond acceptors (Lipinski definition) is 3. The number of thiol groups is 1. The van der Waals surface area contributed by atoms with Crippen LogP contribution in [0.4, 0.5) is 0 Å². The lowest BCUT2D eigenvalue weighted by atomic mass is 10.2. The summed E-state index contributed by atoms with van der Waals surface area (Å²) in [5, 5.41) is 8.73. The van der Waals surface area contributed by atoms with E-state index in [4.69, 9.17) is 10.00 Å². The van der Waals surface area contributed by atoms with Crippen molar-refractivity contribution in [3.8, 4) is 11.8 Å². The minimum atomic E-state index is 0.585. The predicted molar refractivity (Wildman–Crippen MR) is 55.1 cm³/mol. The van der Waals surface area contributed by atoms with Crippen LogP contribution >= 0.6 is 12.6 Å². The van der Waals surface area contributed by atoms with Crippen molar-refractivity contribution >= 4 is 12.6 Å². The lowest BCUT2D eigenvalue weighted by molar-refractivity contribution is 0.318. The Bertz CT molecular complexity index is 306. The minimum absolute atomic E-state index is 0.585. The topological polar surface area (TPSA) is 33.0 Å². The summed E-state index contributed by atoms with van der Waals surface area (Å²) in [4.78, 5) is 0. The molecule has 0 saturated carbocycles. The van der Waals surface area contributed by atoms with Gasteiger partial charge in [-0.1, -0.05) is 12.1 Å². The summed E-state index contributed by atoms with van der Waals surface area (Å²) in [6.07, 6.45) is 0.892. The van der Waals surface area contributed by atoms with Crippen LogP contribution in [0.25, 0.3) is 0 Å². The normalized spacial score (nSPS) is 9.23. The van der Waals surface area contributed by atoms with Gasteiger partial charge in [0.1, 0.15) is 11.8 Å². The summed E-state index contributed by atoms with van der Waals surface area (Å²) in [5.41, 5.74) is 0.585. The third kappa shape index (κ3) is 3.00. The van der Waals surface area contributed by atoms with Crippen LogP contribution in [-0.2, 0) is 0 Å². The summed E-state index contributed by atoms with van der Waals surface area (Å²) >= 11 is 4.07. The molecule has 3 heteroatoms. The van der Waals surface area contributed by atoms with Crippen molar-refractivity contribution < 1.29 is 4.74 Å². The molecule has 68 valence electrons. The standard InChI is InChI=1S/C10H11NOS/c11-8-9-4-1-2-5-10(9)12-6-3-7-13/h1-2,4-5,13H,3,6-7H2. The smallest absolute Gasteiger partial charge is 0.137 e. The number of hydrogen-bond donors (Lipinski definition) is 1. The van der Waals surface area contributed by atoms with Gasteiger partial charge in [-0.25, -0.2) is 0 Å². The lowest BCUT2D eigenvalue weighted by Gasteiger charge is -2.05. The summed E-state index contributed by atoms with van der Waals surface area (Å²) in [7, 11) is 0. The Morgan fingerprint density at radius 3 is 2.85 bits per heavy atom. The average Bonchev–Trinajstić information content (AvgIpc) is 2.19. The third-order valence-electron chi connectivity index (χ3n) is 1.57. The molecule has 0 saturated heterocycles. The minimum Gasteiger partial charge on any atom is -0.492 e. The Hall–Kier alpha value is -1.14. The molecule has 0 fully saturated rings. The molecule has 1 rings (SSSR count). The van der Waals surface area contributed by atoms with Gasteiger partial charge >= 0.3 is 0 Å². The monoisotopic (exact) mass is 193 g/mol. The molecular formula is C10H11NOS. The van der Waals surface area contributed by atoms with Gasteiger partial charge in [0.2, 0.25) is 0 Å². The van der Waals surface area contributed by atoms with Crippen LogP contribution in [-0.4, -0.2) is 12.4 Å². The SMILES string of the molecule is N#Cc1ccccc1OCCCS. The summed E-state index contributed by atoms with van der Waals surface area (Å²) in [6, 6.07) is 9.31. The molecule has 0 aliphatic heterocycles. The molecule has 0 bridgehead atoms. The van der Waals surface area contributed by atoms with E-state index in [-0.39, 0.29) is 0 Å². The van der Waals surface area contributed by atoms with Gasteiger partial charge in [0, 0.05) is 0 Å². The zero-order valence-electron chi connectivity index (χ0n) is 7.23. The fourth-order valence-corrected chi connectivity index (χ4v) is 1.06. The van der Waals surface area contributed by atoms with Crippen molar-refractivity contribution in [2.75, 3.05) is 12.4 Å². The van der Waals surface area contributed by atoms with E-state index in [1.807, 2.05) is 12.1 Å². The number of nitrogens with zero attached hydrogens (tertiary/aromatic N) is 1. The zero-order chi connectivity index (χ0) is 9.52. The Morgan fingerprint density at radius 2 is 2.15 bits per heavy atom. The predicted octanol–water partition coefficient (Wildman–Crippen LogP) is 2.26. The highest BCUT2D eigenvalue weighted by Crippen LogP contribution is 2.16. The fourth-order valence-electron chi connectivity index (χ4n) is 0.932. The second kappa shape index (κ2) is 5.50. The molecule has 2 nitrogen and oxygen atoms in total. The van der Waals surface area contributed by atoms with Gasteiger partial charge in [-0.05, 0) is 24.3 Å². The van der Waals surface area contributed by atoms with Crippen LogP contribution in [0.15, 0.2) is 24.3 Å². The van der Waals surface area contributed by atoms with Crippen LogP contribution in [0.5, 0.6) is 5.75 Å². The number of ether oxygens (including phenoxy) is 1. The average molecular weight is 193 g/mol. The van der Waals surface area contributed by atoms with Gasteiger partial charge in [-0.2, -0.15) is 17.9 Å². The Labute approximate surface area is 83.6 Å². The molecule has 0 radical (unpaired) electrons. The molecule has 0 amide bonds. The largest absolute Gasteiger partial charge is 0.492 e. The van der Waals surface area contributed by atoms with Crippen LogP contribution < -0.4 is 4.74 Å². The second-order valence-corrected chi connectivity index (χ2v) is 2.98. The molecule has 1 aromatic rings. The lowest BCUT2D eigenvalue weighted by Crippen LogP contribution is -1.99. The highest BCUT2D eigenvalue weighted by Gasteiger charge is 1.99. The van der Waals surface area contributed by atoms with Crippen LogP contribution in [0.1, 0.15) is 12.0 Å². The molecule has 0 aliphatic rings. The van der Waals surface area contributed by atoms with Crippen molar-refractivity contribution in [1.82, 2.24) is 0 Å². The van der Waals surface area contributed by atoms with E-state index in [0.29, 0.717) is 17.9 Å². The van der Waals surface area contributed by atoms with E-state index in [0.717, 1.165) is 12.2 Å². The fraction of sp³-hybridized carbons (Fsp3) is 0.300. The van der Waals surface area contributed by atoms with Crippen molar-refractivity contribution in [2.24, 2.45) is 0 Å². The Morgan fingerprint density at radius 1 is 1.38 bits per heavy atom. The van der Waals surface area contributed by atoms with E-state index in [9.17, 15) is 0 Å². The maximum absolute atomic E-state index is 8.73. The van der Waals surface area contributed by atoms with Gasteiger partial charge in [0.15, 0.2) is 0 Å². The molecule has 0 heterocycles. The maximum Gasteiger partial charge on any atom is 0.137 e. The highest BCUT2D eigenvalue weighted by atomic mass is 32.1. The Balaban J connectivity index is 2.60. The van der Waals surface area contributed by atoms with E-state index < -0.39 is 0 Å². The molecule has 0 atom stereocenters. The summed E-state index contributed by atoms with van der Waals surface area (Å²) in [6.45, 7) is 0.613. The third-order valence-corrected chi connectivity index (χ3v) is 1.88. The van der Waals surface area contributed by atoms with Crippen LogP contribution in [0.3, 0.4) is 0 Å². The summed E-state index contributed by atoms with van der Waals surface area (Å²) in [5.74, 6) is 1.46. The van der Waals surface area contributed by atoms with Gasteiger partial charge < -0.3 is 4.74 Å². The maximum atomic E-state index is 8.73. The first-order chi connectivity index (χ1) is 6.38. The number of rotatable bonds is 4. The molecule has 0 spiro atoms. The van der Waals surface area contributed by atoms with E-state index in [2.05, 4.69) is 18.7 Å². The quantitative estimate of drug-likeness (QED) is 0.587.